The third kappa shape index (κ3) is 6.42. The lowest BCUT2D eigenvalue weighted by Crippen LogP contribution is -2.49. The number of hydrogen-bond acceptors (Lipinski definition) is 7. The van der Waals surface area contributed by atoms with Crippen LogP contribution in [0.4, 0.5) is 11.4 Å². The van der Waals surface area contributed by atoms with Crippen molar-refractivity contribution in [3.8, 4) is 17.3 Å². The standard InChI is InChI=1S/C30H33N7O2/c31-18-25-17-22(20-35-13-15-36(16-14-35)21-28(38)37-11-3-4-12-37)19-33-29(25)23-7-9-24(10-8-23)30(39)34-27-6-2-1-5-26(27)32/h1-2,5-10,17,19H,3-4,11-16,20-21,32H2,(H,34,39). The molecule has 2 fully saturated rings. The van der Waals surface area contributed by atoms with E-state index in [9.17, 15) is 14.9 Å². The zero-order valence-corrected chi connectivity index (χ0v) is 22.0. The topological polar surface area (TPSA) is 119 Å². The number of rotatable bonds is 7. The molecular weight excluding hydrogens is 490 g/mol. The number of nitrogens with two attached hydrogens (primary N) is 1. The molecule has 3 heterocycles. The summed E-state index contributed by atoms with van der Waals surface area (Å²) in [5.41, 5.74) is 10.3. The van der Waals surface area contributed by atoms with Crippen molar-refractivity contribution < 1.29 is 9.59 Å². The van der Waals surface area contributed by atoms with Crippen LogP contribution in [0.5, 0.6) is 0 Å². The van der Waals surface area contributed by atoms with E-state index < -0.39 is 0 Å². The van der Waals surface area contributed by atoms with Gasteiger partial charge in [-0.2, -0.15) is 5.26 Å². The average molecular weight is 524 g/mol. The van der Waals surface area contributed by atoms with Gasteiger partial charge in [0.25, 0.3) is 5.91 Å². The lowest BCUT2D eigenvalue weighted by atomic mass is 10.0. The summed E-state index contributed by atoms with van der Waals surface area (Å²) >= 11 is 0. The van der Waals surface area contributed by atoms with E-state index in [1.165, 1.54) is 0 Å². The number of pyridine rings is 1. The number of piperazine rings is 1. The number of benzene rings is 2. The summed E-state index contributed by atoms with van der Waals surface area (Å²) in [6.07, 6.45) is 4.05. The lowest BCUT2D eigenvalue weighted by Gasteiger charge is -2.35. The number of nitrogens with zero attached hydrogens (tertiary/aromatic N) is 5. The van der Waals surface area contributed by atoms with Gasteiger partial charge in [0.05, 0.1) is 29.2 Å². The zero-order chi connectivity index (χ0) is 27.2. The van der Waals surface area contributed by atoms with Crippen molar-refractivity contribution in [2.45, 2.75) is 19.4 Å². The van der Waals surface area contributed by atoms with Gasteiger partial charge in [-0.1, -0.05) is 24.3 Å². The van der Waals surface area contributed by atoms with Gasteiger partial charge in [0, 0.05) is 63.1 Å². The van der Waals surface area contributed by atoms with E-state index in [0.29, 0.717) is 41.3 Å². The van der Waals surface area contributed by atoms with Crippen LogP contribution in [0.2, 0.25) is 0 Å². The Labute approximate surface area is 228 Å². The number of carbonyl (C=O) groups excluding carboxylic acids is 2. The van der Waals surface area contributed by atoms with Crippen molar-refractivity contribution in [3.63, 3.8) is 0 Å². The minimum absolute atomic E-state index is 0.244. The van der Waals surface area contributed by atoms with Crippen molar-refractivity contribution in [1.82, 2.24) is 19.7 Å². The molecule has 0 saturated carbocycles. The molecule has 1 aromatic heterocycles. The molecule has 2 aromatic carbocycles. The lowest BCUT2D eigenvalue weighted by molar-refractivity contribution is -0.131. The summed E-state index contributed by atoms with van der Waals surface area (Å²) in [4.78, 5) is 36.3. The first-order chi connectivity index (χ1) is 19.0. The Morgan fingerprint density at radius 2 is 1.64 bits per heavy atom. The maximum atomic E-state index is 12.6. The predicted molar refractivity (Wildman–Crippen MR) is 151 cm³/mol. The number of nitrogen functional groups attached to an aromatic ring is 1. The van der Waals surface area contributed by atoms with Gasteiger partial charge in [0.2, 0.25) is 5.91 Å². The van der Waals surface area contributed by atoms with E-state index in [4.69, 9.17) is 5.73 Å². The van der Waals surface area contributed by atoms with Gasteiger partial charge in [-0.3, -0.25) is 24.4 Å². The molecule has 9 heteroatoms. The SMILES string of the molecule is N#Cc1cc(CN2CCN(CC(=O)N3CCCC3)CC2)cnc1-c1ccc(C(=O)Nc2ccccc2N)cc1. The van der Waals surface area contributed by atoms with Crippen LogP contribution in [0.3, 0.4) is 0 Å². The molecule has 2 aliphatic heterocycles. The highest BCUT2D eigenvalue weighted by Gasteiger charge is 2.23. The van der Waals surface area contributed by atoms with Crippen LogP contribution in [0, 0.1) is 11.3 Å². The fourth-order valence-corrected chi connectivity index (χ4v) is 5.12. The van der Waals surface area contributed by atoms with E-state index >= 15 is 0 Å². The monoisotopic (exact) mass is 523 g/mol. The number of anilines is 2. The molecule has 0 aliphatic carbocycles. The number of amides is 2. The first kappa shape index (κ1) is 26.4. The summed E-state index contributed by atoms with van der Waals surface area (Å²) in [6, 6.07) is 18.3. The molecule has 9 nitrogen and oxygen atoms in total. The van der Waals surface area contributed by atoms with Crippen LogP contribution in [0.15, 0.2) is 60.8 Å². The van der Waals surface area contributed by atoms with Gasteiger partial charge < -0.3 is 16.0 Å². The molecule has 0 unspecified atom stereocenters. The first-order valence-electron chi connectivity index (χ1n) is 13.4. The molecule has 2 saturated heterocycles. The fourth-order valence-electron chi connectivity index (χ4n) is 5.12. The fraction of sp³-hybridized carbons (Fsp3) is 0.333. The van der Waals surface area contributed by atoms with Crippen molar-refractivity contribution in [2.24, 2.45) is 0 Å². The Balaban J connectivity index is 1.18. The van der Waals surface area contributed by atoms with Crippen molar-refractivity contribution >= 4 is 23.2 Å². The average Bonchev–Trinajstić information content (AvgIpc) is 3.51. The van der Waals surface area contributed by atoms with Crippen LogP contribution < -0.4 is 11.1 Å². The Kier molecular flexibility index (Phi) is 8.16. The van der Waals surface area contributed by atoms with Gasteiger partial charge in [-0.05, 0) is 48.7 Å². The number of nitriles is 1. The summed E-state index contributed by atoms with van der Waals surface area (Å²) in [6.45, 7) is 6.45. The summed E-state index contributed by atoms with van der Waals surface area (Å²) in [5.74, 6) is -0.0160. The van der Waals surface area contributed by atoms with Crippen molar-refractivity contribution in [3.05, 3.63) is 77.5 Å². The molecule has 2 aliphatic rings. The largest absolute Gasteiger partial charge is 0.397 e. The number of carbonyl (C=O) groups is 2. The van der Waals surface area contributed by atoms with Crippen molar-refractivity contribution in [2.75, 3.05) is 56.9 Å². The highest BCUT2D eigenvalue weighted by Crippen LogP contribution is 2.24. The number of hydrogen-bond donors (Lipinski definition) is 2. The molecule has 2 amide bonds. The molecule has 0 atom stereocenters. The highest BCUT2D eigenvalue weighted by atomic mass is 16.2. The molecule has 5 rings (SSSR count). The van der Waals surface area contributed by atoms with Crippen molar-refractivity contribution in [1.29, 1.82) is 5.26 Å². The third-order valence-electron chi connectivity index (χ3n) is 7.38. The Morgan fingerprint density at radius 3 is 2.33 bits per heavy atom. The van der Waals surface area contributed by atoms with Crippen LogP contribution in [-0.4, -0.2) is 77.3 Å². The minimum Gasteiger partial charge on any atom is -0.397 e. The number of nitrogens with one attached hydrogen (secondary N) is 1. The second kappa shape index (κ2) is 12.1. The highest BCUT2D eigenvalue weighted by molar-refractivity contribution is 6.05. The molecule has 200 valence electrons. The van der Waals surface area contributed by atoms with Gasteiger partial charge in [-0.25, -0.2) is 0 Å². The van der Waals surface area contributed by atoms with Gasteiger partial charge >= 0.3 is 0 Å². The number of likely N-dealkylation sites (tertiary alicyclic amines) is 1. The van der Waals surface area contributed by atoms with Gasteiger partial charge in [0.1, 0.15) is 6.07 Å². The Bertz CT molecular complexity index is 1370. The van der Waals surface area contributed by atoms with E-state index in [-0.39, 0.29) is 11.8 Å². The van der Waals surface area contributed by atoms with E-state index in [2.05, 4.69) is 26.2 Å². The number of para-hydroxylation sites is 2. The maximum absolute atomic E-state index is 12.6. The zero-order valence-electron chi connectivity index (χ0n) is 22.0. The van der Waals surface area contributed by atoms with Crippen LogP contribution in [0.25, 0.3) is 11.3 Å². The molecule has 3 aromatic rings. The molecule has 39 heavy (non-hydrogen) atoms. The molecule has 3 N–H and O–H groups in total. The predicted octanol–water partition coefficient (Wildman–Crippen LogP) is 3.19. The smallest absolute Gasteiger partial charge is 0.255 e. The quantitative estimate of drug-likeness (QED) is 0.457. The minimum atomic E-state index is -0.260. The Morgan fingerprint density at radius 1 is 0.949 bits per heavy atom. The molecule has 0 bridgehead atoms. The number of aromatic nitrogens is 1. The molecule has 0 radical (unpaired) electrons. The van der Waals surface area contributed by atoms with Gasteiger partial charge in [0.15, 0.2) is 0 Å². The van der Waals surface area contributed by atoms with Crippen LogP contribution in [-0.2, 0) is 11.3 Å². The van der Waals surface area contributed by atoms with Crippen LogP contribution >= 0.6 is 0 Å². The van der Waals surface area contributed by atoms with E-state index in [1.807, 2.05) is 29.3 Å². The van der Waals surface area contributed by atoms with Crippen LogP contribution in [0.1, 0.15) is 34.3 Å². The normalized spacial score (nSPS) is 16.1. The summed E-state index contributed by atoms with van der Waals surface area (Å²) in [7, 11) is 0. The van der Waals surface area contributed by atoms with E-state index in [1.54, 1.807) is 36.4 Å². The summed E-state index contributed by atoms with van der Waals surface area (Å²) in [5, 5.41) is 12.7. The second-order valence-electron chi connectivity index (χ2n) is 10.1. The molecule has 0 spiro atoms. The molecular formula is C30H33N7O2. The maximum Gasteiger partial charge on any atom is 0.255 e. The van der Waals surface area contributed by atoms with E-state index in [0.717, 1.165) is 63.2 Å². The third-order valence-corrected chi connectivity index (χ3v) is 7.38. The Hall–Kier alpha value is -4.26. The first-order valence-corrected chi connectivity index (χ1v) is 13.4. The van der Waals surface area contributed by atoms with Gasteiger partial charge in [-0.15, -0.1) is 0 Å². The second-order valence-corrected chi connectivity index (χ2v) is 10.1. The summed E-state index contributed by atoms with van der Waals surface area (Å²) < 4.78 is 0.